The molecule has 1 aromatic heterocycles. The van der Waals surface area contributed by atoms with E-state index in [1.165, 1.54) is 0 Å². The number of hydrogen-bond acceptors (Lipinski definition) is 4. The van der Waals surface area contributed by atoms with E-state index >= 15 is 0 Å². The average Bonchev–Trinajstić information content (AvgIpc) is 2.16. The van der Waals surface area contributed by atoms with Crippen LogP contribution in [0.2, 0.25) is 0 Å². The molecule has 1 aromatic rings. The smallest absolute Gasteiger partial charge is 0.133 e. The standard InChI is InChI=1S/C10H14BrN3O/c1-7-12-9(11)5-10(13-7)14-4-2-3-8(15)6-14/h5,8,15H,2-4,6H2,1H3. The Morgan fingerprint density at radius 1 is 1.53 bits per heavy atom. The normalized spacial score (nSPS) is 21.8. The highest BCUT2D eigenvalue weighted by molar-refractivity contribution is 9.10. The molecular formula is C10H14BrN3O. The first kappa shape index (κ1) is 10.8. The van der Waals surface area contributed by atoms with Gasteiger partial charge in [-0.25, -0.2) is 9.97 Å². The molecule has 0 amide bonds. The van der Waals surface area contributed by atoms with Crippen molar-refractivity contribution < 1.29 is 5.11 Å². The lowest BCUT2D eigenvalue weighted by molar-refractivity contribution is 0.154. The van der Waals surface area contributed by atoms with Crippen LogP contribution in [0.3, 0.4) is 0 Å². The molecule has 15 heavy (non-hydrogen) atoms. The number of aryl methyl sites for hydroxylation is 1. The summed E-state index contributed by atoms with van der Waals surface area (Å²) in [5.41, 5.74) is 0. The summed E-state index contributed by atoms with van der Waals surface area (Å²) >= 11 is 3.35. The summed E-state index contributed by atoms with van der Waals surface area (Å²) in [6.45, 7) is 3.50. The van der Waals surface area contributed by atoms with Gasteiger partial charge in [0.15, 0.2) is 0 Å². The van der Waals surface area contributed by atoms with Crippen molar-refractivity contribution in [1.82, 2.24) is 9.97 Å². The maximum atomic E-state index is 9.58. The fourth-order valence-electron chi connectivity index (χ4n) is 1.84. The Balaban J connectivity index is 2.20. The first-order valence-electron chi connectivity index (χ1n) is 5.09. The fraction of sp³-hybridized carbons (Fsp3) is 0.600. The van der Waals surface area contributed by atoms with Crippen molar-refractivity contribution in [1.29, 1.82) is 0 Å². The third-order valence-electron chi connectivity index (χ3n) is 2.51. The quantitative estimate of drug-likeness (QED) is 0.787. The molecule has 1 atom stereocenters. The van der Waals surface area contributed by atoms with Crippen LogP contribution >= 0.6 is 15.9 Å². The minimum atomic E-state index is -0.229. The number of aromatic nitrogens is 2. The number of hydrogen-bond donors (Lipinski definition) is 1. The van der Waals surface area contributed by atoms with Gasteiger partial charge in [-0.2, -0.15) is 0 Å². The van der Waals surface area contributed by atoms with E-state index in [0.29, 0.717) is 6.54 Å². The summed E-state index contributed by atoms with van der Waals surface area (Å²) in [7, 11) is 0. The molecule has 0 spiro atoms. The highest BCUT2D eigenvalue weighted by atomic mass is 79.9. The lowest BCUT2D eigenvalue weighted by Gasteiger charge is -2.31. The third-order valence-corrected chi connectivity index (χ3v) is 2.92. The van der Waals surface area contributed by atoms with Gasteiger partial charge in [-0.3, -0.25) is 0 Å². The Bertz CT molecular complexity index is 338. The van der Waals surface area contributed by atoms with E-state index in [4.69, 9.17) is 0 Å². The zero-order valence-electron chi connectivity index (χ0n) is 8.65. The van der Waals surface area contributed by atoms with Crippen molar-refractivity contribution in [2.45, 2.75) is 25.9 Å². The number of halogens is 1. The minimum absolute atomic E-state index is 0.229. The Morgan fingerprint density at radius 2 is 2.33 bits per heavy atom. The lowest BCUT2D eigenvalue weighted by atomic mass is 10.1. The summed E-state index contributed by atoms with van der Waals surface area (Å²) in [4.78, 5) is 10.6. The zero-order chi connectivity index (χ0) is 10.8. The van der Waals surface area contributed by atoms with Gasteiger partial charge in [0.25, 0.3) is 0 Å². The molecule has 1 saturated heterocycles. The van der Waals surface area contributed by atoms with Crippen LogP contribution in [-0.4, -0.2) is 34.3 Å². The molecule has 1 aliphatic rings. The highest BCUT2D eigenvalue weighted by Gasteiger charge is 2.19. The number of rotatable bonds is 1. The Kier molecular flexibility index (Phi) is 3.21. The van der Waals surface area contributed by atoms with Crippen molar-refractivity contribution in [3.8, 4) is 0 Å². The number of aliphatic hydroxyl groups is 1. The first-order valence-corrected chi connectivity index (χ1v) is 5.88. The average molecular weight is 272 g/mol. The first-order chi connectivity index (χ1) is 7.15. The van der Waals surface area contributed by atoms with Crippen LogP contribution in [0, 0.1) is 6.92 Å². The van der Waals surface area contributed by atoms with Crippen LogP contribution in [0.1, 0.15) is 18.7 Å². The van der Waals surface area contributed by atoms with Crippen molar-refractivity contribution >= 4 is 21.7 Å². The second-order valence-electron chi connectivity index (χ2n) is 3.84. The number of anilines is 1. The molecule has 2 heterocycles. The molecule has 1 fully saturated rings. The molecule has 1 aliphatic heterocycles. The van der Waals surface area contributed by atoms with Gasteiger partial charge in [0.05, 0.1) is 6.10 Å². The van der Waals surface area contributed by atoms with Crippen LogP contribution in [0.5, 0.6) is 0 Å². The van der Waals surface area contributed by atoms with Gasteiger partial charge in [0.1, 0.15) is 16.2 Å². The van der Waals surface area contributed by atoms with E-state index < -0.39 is 0 Å². The molecule has 0 saturated carbocycles. The summed E-state index contributed by atoms with van der Waals surface area (Å²) in [5, 5.41) is 9.58. The zero-order valence-corrected chi connectivity index (χ0v) is 10.2. The number of aliphatic hydroxyl groups excluding tert-OH is 1. The summed E-state index contributed by atoms with van der Waals surface area (Å²) in [6, 6.07) is 1.89. The molecule has 1 unspecified atom stereocenters. The van der Waals surface area contributed by atoms with E-state index in [-0.39, 0.29) is 6.10 Å². The van der Waals surface area contributed by atoms with Gasteiger partial charge in [-0.1, -0.05) is 0 Å². The van der Waals surface area contributed by atoms with Gasteiger partial charge in [-0.05, 0) is 35.7 Å². The number of piperidine rings is 1. The maximum Gasteiger partial charge on any atom is 0.133 e. The van der Waals surface area contributed by atoms with Crippen molar-refractivity contribution in [2.24, 2.45) is 0 Å². The maximum absolute atomic E-state index is 9.58. The van der Waals surface area contributed by atoms with E-state index in [0.717, 1.165) is 35.6 Å². The van der Waals surface area contributed by atoms with Gasteiger partial charge in [-0.15, -0.1) is 0 Å². The predicted octanol–water partition coefficient (Wildman–Crippen LogP) is 1.51. The molecule has 0 radical (unpaired) electrons. The van der Waals surface area contributed by atoms with Crippen molar-refractivity contribution in [3.63, 3.8) is 0 Å². The van der Waals surface area contributed by atoms with Crippen molar-refractivity contribution in [3.05, 3.63) is 16.5 Å². The number of β-amino-alcohol motifs (C(OH)–C–C–N with tert-alkyl or cyclic N) is 1. The molecule has 1 N–H and O–H groups in total. The molecule has 5 heteroatoms. The van der Waals surface area contributed by atoms with E-state index in [1.54, 1.807) is 0 Å². The molecule has 0 aromatic carbocycles. The SMILES string of the molecule is Cc1nc(Br)cc(N2CCCC(O)C2)n1. The molecule has 82 valence electrons. The predicted molar refractivity (Wildman–Crippen MR) is 61.9 cm³/mol. The Labute approximate surface area is 97.5 Å². The molecular weight excluding hydrogens is 258 g/mol. The second kappa shape index (κ2) is 4.45. The lowest BCUT2D eigenvalue weighted by Crippen LogP contribution is -2.38. The van der Waals surface area contributed by atoms with E-state index in [9.17, 15) is 5.11 Å². The summed E-state index contributed by atoms with van der Waals surface area (Å²) in [6.07, 6.45) is 1.68. The van der Waals surface area contributed by atoms with Gasteiger partial charge < -0.3 is 10.0 Å². The third kappa shape index (κ3) is 2.66. The van der Waals surface area contributed by atoms with E-state index in [1.807, 2.05) is 13.0 Å². The molecule has 2 rings (SSSR count). The van der Waals surface area contributed by atoms with Gasteiger partial charge in [0.2, 0.25) is 0 Å². The monoisotopic (exact) mass is 271 g/mol. The fourth-order valence-corrected chi connectivity index (χ4v) is 2.30. The number of nitrogens with zero attached hydrogens (tertiary/aromatic N) is 3. The molecule has 0 aliphatic carbocycles. The highest BCUT2D eigenvalue weighted by Crippen LogP contribution is 2.20. The van der Waals surface area contributed by atoms with Crippen LogP contribution in [0.4, 0.5) is 5.82 Å². The molecule has 0 bridgehead atoms. The second-order valence-corrected chi connectivity index (χ2v) is 4.65. The van der Waals surface area contributed by atoms with Crippen LogP contribution < -0.4 is 4.90 Å². The van der Waals surface area contributed by atoms with Crippen molar-refractivity contribution in [2.75, 3.05) is 18.0 Å². The summed E-state index contributed by atoms with van der Waals surface area (Å²) < 4.78 is 0.796. The van der Waals surface area contributed by atoms with Crippen LogP contribution in [0.15, 0.2) is 10.7 Å². The topological polar surface area (TPSA) is 49.2 Å². The van der Waals surface area contributed by atoms with Crippen LogP contribution in [0.25, 0.3) is 0 Å². The Hall–Kier alpha value is -0.680. The summed E-state index contributed by atoms with van der Waals surface area (Å²) in [5.74, 6) is 1.65. The Morgan fingerprint density at radius 3 is 3.00 bits per heavy atom. The van der Waals surface area contributed by atoms with Crippen LogP contribution in [-0.2, 0) is 0 Å². The molecule has 4 nitrogen and oxygen atoms in total. The van der Waals surface area contributed by atoms with Gasteiger partial charge >= 0.3 is 0 Å². The minimum Gasteiger partial charge on any atom is -0.391 e. The largest absolute Gasteiger partial charge is 0.391 e. The van der Waals surface area contributed by atoms with E-state index in [2.05, 4.69) is 30.8 Å². The van der Waals surface area contributed by atoms with Gasteiger partial charge in [0, 0.05) is 19.2 Å².